The van der Waals surface area contributed by atoms with E-state index in [9.17, 15) is 10.1 Å². The highest BCUT2D eigenvalue weighted by molar-refractivity contribution is 5.59. The van der Waals surface area contributed by atoms with Gasteiger partial charge in [-0.1, -0.05) is 19.8 Å². The van der Waals surface area contributed by atoms with Crippen molar-refractivity contribution in [3.05, 3.63) is 15.8 Å². The third-order valence-corrected chi connectivity index (χ3v) is 2.45. The number of rotatable bonds is 6. The van der Waals surface area contributed by atoms with Gasteiger partial charge in [-0.3, -0.25) is 10.1 Å². The summed E-state index contributed by atoms with van der Waals surface area (Å²) in [5.74, 6) is 0.499. The molecule has 0 unspecified atom stereocenters. The first-order valence-electron chi connectivity index (χ1n) is 5.49. The zero-order valence-electron chi connectivity index (χ0n) is 9.99. The van der Waals surface area contributed by atoms with Gasteiger partial charge in [0.25, 0.3) is 0 Å². The molecule has 0 spiro atoms. The molecule has 1 heterocycles. The Bertz CT molecular complexity index is 373. The third kappa shape index (κ3) is 2.71. The van der Waals surface area contributed by atoms with E-state index in [4.69, 9.17) is 0 Å². The Labute approximate surface area is 94.8 Å². The normalized spacial score (nSPS) is 10.4. The number of unbranched alkanes of at least 4 members (excludes halogenated alkanes) is 2. The van der Waals surface area contributed by atoms with Gasteiger partial charge >= 0.3 is 5.69 Å². The van der Waals surface area contributed by atoms with E-state index in [1.54, 1.807) is 14.0 Å². The monoisotopic (exact) mass is 226 g/mol. The zero-order chi connectivity index (χ0) is 12.1. The average Bonchev–Trinajstić information content (AvgIpc) is 2.48. The van der Waals surface area contributed by atoms with Crippen molar-refractivity contribution in [2.75, 3.05) is 11.9 Å². The van der Waals surface area contributed by atoms with Crippen LogP contribution in [0.3, 0.4) is 0 Å². The van der Waals surface area contributed by atoms with Crippen molar-refractivity contribution in [1.82, 2.24) is 9.78 Å². The summed E-state index contributed by atoms with van der Waals surface area (Å²) in [5, 5.41) is 18.0. The van der Waals surface area contributed by atoms with E-state index in [-0.39, 0.29) is 10.6 Å². The lowest BCUT2D eigenvalue weighted by Crippen LogP contribution is -2.07. The van der Waals surface area contributed by atoms with Gasteiger partial charge in [-0.15, -0.1) is 0 Å². The molecular weight excluding hydrogens is 208 g/mol. The molecule has 0 atom stereocenters. The molecule has 0 amide bonds. The fourth-order valence-corrected chi connectivity index (χ4v) is 1.65. The first-order chi connectivity index (χ1) is 7.57. The lowest BCUT2D eigenvalue weighted by Gasteiger charge is -2.05. The van der Waals surface area contributed by atoms with Crippen LogP contribution < -0.4 is 5.32 Å². The molecule has 0 aliphatic carbocycles. The van der Waals surface area contributed by atoms with E-state index in [1.807, 2.05) is 0 Å². The maximum Gasteiger partial charge on any atom is 0.333 e. The van der Waals surface area contributed by atoms with Crippen molar-refractivity contribution >= 4 is 11.5 Å². The highest BCUT2D eigenvalue weighted by atomic mass is 16.6. The van der Waals surface area contributed by atoms with Gasteiger partial charge in [-0.2, -0.15) is 5.10 Å². The second-order valence-electron chi connectivity index (χ2n) is 3.80. The van der Waals surface area contributed by atoms with Gasteiger partial charge in [-0.05, 0) is 13.3 Å². The molecular formula is C10H18N4O2. The molecule has 1 rings (SSSR count). The highest BCUT2D eigenvalue weighted by Crippen LogP contribution is 2.27. The van der Waals surface area contributed by atoms with Gasteiger partial charge in [-0.25, -0.2) is 4.68 Å². The Kier molecular flexibility index (Phi) is 4.28. The number of hydrogen-bond acceptors (Lipinski definition) is 4. The summed E-state index contributed by atoms with van der Waals surface area (Å²) in [6.07, 6.45) is 3.27. The number of anilines is 1. The van der Waals surface area contributed by atoms with Gasteiger partial charge in [0.2, 0.25) is 5.82 Å². The number of aromatic nitrogens is 2. The van der Waals surface area contributed by atoms with Crippen molar-refractivity contribution in [3.63, 3.8) is 0 Å². The Balaban J connectivity index is 2.74. The van der Waals surface area contributed by atoms with E-state index < -0.39 is 0 Å². The topological polar surface area (TPSA) is 73.0 Å². The van der Waals surface area contributed by atoms with Crippen LogP contribution in [0.4, 0.5) is 11.5 Å². The maximum atomic E-state index is 10.9. The predicted octanol–water partition coefficient (Wildman–Crippen LogP) is 2.24. The van der Waals surface area contributed by atoms with Crippen LogP contribution in [0.25, 0.3) is 0 Å². The van der Waals surface area contributed by atoms with Crippen molar-refractivity contribution in [3.8, 4) is 0 Å². The molecule has 0 radical (unpaired) electrons. The van der Waals surface area contributed by atoms with E-state index in [0.717, 1.165) is 25.8 Å². The van der Waals surface area contributed by atoms with Crippen molar-refractivity contribution in [2.24, 2.45) is 7.05 Å². The smallest absolute Gasteiger partial charge is 0.333 e. The number of nitro groups is 1. The molecule has 0 saturated heterocycles. The van der Waals surface area contributed by atoms with Gasteiger partial charge < -0.3 is 5.32 Å². The van der Waals surface area contributed by atoms with Crippen LogP contribution in [0.5, 0.6) is 0 Å². The van der Waals surface area contributed by atoms with Crippen LogP contribution >= 0.6 is 0 Å². The Morgan fingerprint density at radius 1 is 1.50 bits per heavy atom. The minimum absolute atomic E-state index is 0.0824. The summed E-state index contributed by atoms with van der Waals surface area (Å²) in [5.41, 5.74) is 0.532. The Morgan fingerprint density at radius 3 is 2.75 bits per heavy atom. The predicted molar refractivity (Wildman–Crippen MR) is 62.6 cm³/mol. The van der Waals surface area contributed by atoms with Crippen LogP contribution in [0.15, 0.2) is 0 Å². The lowest BCUT2D eigenvalue weighted by atomic mass is 10.2. The molecule has 0 saturated carbocycles. The van der Waals surface area contributed by atoms with Crippen LogP contribution in [0.2, 0.25) is 0 Å². The zero-order valence-corrected chi connectivity index (χ0v) is 9.99. The number of nitrogens with zero attached hydrogens (tertiary/aromatic N) is 3. The molecule has 0 fully saturated rings. The summed E-state index contributed by atoms with van der Waals surface area (Å²) < 4.78 is 1.53. The van der Waals surface area contributed by atoms with Crippen molar-refractivity contribution in [2.45, 2.75) is 33.1 Å². The lowest BCUT2D eigenvalue weighted by molar-refractivity contribution is -0.384. The molecule has 1 aromatic heterocycles. The highest BCUT2D eigenvalue weighted by Gasteiger charge is 2.23. The molecule has 16 heavy (non-hydrogen) atoms. The molecule has 0 aromatic carbocycles. The van der Waals surface area contributed by atoms with E-state index in [1.165, 1.54) is 4.68 Å². The fraction of sp³-hybridized carbons (Fsp3) is 0.700. The Morgan fingerprint density at radius 2 is 2.19 bits per heavy atom. The quantitative estimate of drug-likeness (QED) is 0.458. The van der Waals surface area contributed by atoms with E-state index >= 15 is 0 Å². The van der Waals surface area contributed by atoms with Gasteiger partial charge in [0, 0.05) is 13.6 Å². The van der Waals surface area contributed by atoms with Gasteiger partial charge in [0.1, 0.15) is 5.69 Å². The fourth-order valence-electron chi connectivity index (χ4n) is 1.65. The van der Waals surface area contributed by atoms with E-state index in [0.29, 0.717) is 11.5 Å². The third-order valence-electron chi connectivity index (χ3n) is 2.45. The molecule has 0 aliphatic rings. The first kappa shape index (κ1) is 12.5. The second-order valence-corrected chi connectivity index (χ2v) is 3.80. The molecule has 90 valence electrons. The summed E-state index contributed by atoms with van der Waals surface area (Å²) >= 11 is 0. The maximum absolute atomic E-state index is 10.9. The minimum Gasteiger partial charge on any atom is -0.365 e. The summed E-state index contributed by atoms with van der Waals surface area (Å²) in [4.78, 5) is 10.5. The van der Waals surface area contributed by atoms with Gasteiger partial charge in [0.05, 0.1) is 4.92 Å². The van der Waals surface area contributed by atoms with Crippen molar-refractivity contribution in [1.29, 1.82) is 0 Å². The largest absolute Gasteiger partial charge is 0.365 e. The minimum atomic E-state index is -0.384. The molecule has 6 heteroatoms. The van der Waals surface area contributed by atoms with Crippen LogP contribution in [0, 0.1) is 17.0 Å². The number of aryl methyl sites for hydroxylation is 2. The average molecular weight is 226 g/mol. The number of nitrogens with one attached hydrogen (secondary N) is 1. The molecule has 6 nitrogen and oxygen atoms in total. The first-order valence-corrected chi connectivity index (χ1v) is 5.49. The van der Waals surface area contributed by atoms with E-state index in [2.05, 4.69) is 17.3 Å². The Hall–Kier alpha value is -1.59. The van der Waals surface area contributed by atoms with Crippen molar-refractivity contribution < 1.29 is 4.92 Å². The summed E-state index contributed by atoms with van der Waals surface area (Å²) in [6, 6.07) is 0. The van der Waals surface area contributed by atoms with Crippen LogP contribution in [0.1, 0.15) is 31.9 Å². The molecule has 0 bridgehead atoms. The summed E-state index contributed by atoms with van der Waals surface area (Å²) in [7, 11) is 1.71. The molecule has 1 N–H and O–H groups in total. The van der Waals surface area contributed by atoms with Gasteiger partial charge in [0.15, 0.2) is 0 Å². The summed E-state index contributed by atoms with van der Waals surface area (Å²) in [6.45, 7) is 4.51. The molecule has 1 aromatic rings. The molecule has 0 aliphatic heterocycles. The number of hydrogen-bond donors (Lipinski definition) is 1. The van der Waals surface area contributed by atoms with Crippen LogP contribution in [-0.4, -0.2) is 21.2 Å². The van der Waals surface area contributed by atoms with Crippen LogP contribution in [-0.2, 0) is 7.05 Å². The SMILES string of the molecule is CCCCCNc1c([N+](=O)[O-])c(C)nn1C. The second kappa shape index (κ2) is 5.48. The standard InChI is InChI=1S/C10H18N4O2/c1-4-5-6-7-11-10-9(14(15)16)8(2)12-13(10)3/h11H,4-7H2,1-3H3.